The van der Waals surface area contributed by atoms with Gasteiger partial charge in [-0.2, -0.15) is 0 Å². The number of benzene rings is 2. The topological polar surface area (TPSA) is 135 Å². The van der Waals surface area contributed by atoms with Crippen LogP contribution in [0.25, 0.3) is 0 Å². The summed E-state index contributed by atoms with van der Waals surface area (Å²) in [7, 11) is -3.40. The van der Waals surface area contributed by atoms with E-state index in [2.05, 4.69) is 10.6 Å². The van der Waals surface area contributed by atoms with Crippen molar-refractivity contribution in [1.29, 1.82) is 0 Å². The first-order valence-corrected chi connectivity index (χ1v) is 10.1. The minimum Gasteiger partial charge on any atom is -0.352 e. The molecule has 0 heterocycles. The van der Waals surface area contributed by atoms with E-state index in [-0.39, 0.29) is 29.1 Å². The number of hydrogen-bond donors (Lipinski definition) is 2. The molecular weight excluding hydrogens is 386 g/mol. The molecule has 10 heteroatoms. The van der Waals surface area contributed by atoms with Crippen molar-refractivity contribution in [2.45, 2.75) is 18.2 Å². The monoisotopic (exact) mass is 405 g/mol. The summed E-state index contributed by atoms with van der Waals surface area (Å²) in [6.45, 7) is 1.78. The van der Waals surface area contributed by atoms with E-state index in [1.54, 1.807) is 13.0 Å². The Bertz CT molecular complexity index is 1020. The van der Waals surface area contributed by atoms with E-state index in [0.717, 1.165) is 6.26 Å². The Labute approximate surface area is 161 Å². The van der Waals surface area contributed by atoms with Crippen molar-refractivity contribution < 1.29 is 22.9 Å². The molecule has 0 saturated carbocycles. The second-order valence-corrected chi connectivity index (χ2v) is 8.12. The number of non-ortho nitro benzene ring substituents is 1. The molecule has 2 amide bonds. The minimum absolute atomic E-state index is 0.0265. The molecule has 0 fully saturated rings. The Hall–Kier alpha value is -3.27. The molecule has 0 aliphatic rings. The lowest BCUT2D eigenvalue weighted by Gasteiger charge is -2.10. The van der Waals surface area contributed by atoms with Crippen LogP contribution in [0.1, 0.15) is 22.3 Å². The van der Waals surface area contributed by atoms with E-state index >= 15 is 0 Å². The molecule has 0 saturated heterocycles. The van der Waals surface area contributed by atoms with Gasteiger partial charge in [0.15, 0.2) is 9.84 Å². The molecule has 2 N–H and O–H groups in total. The quantitative estimate of drug-likeness (QED) is 0.535. The number of nitrogens with zero attached hydrogens (tertiary/aromatic N) is 1. The number of anilines is 1. The molecule has 0 aromatic heterocycles. The lowest BCUT2D eigenvalue weighted by molar-refractivity contribution is -0.384. The van der Waals surface area contributed by atoms with E-state index < -0.39 is 26.6 Å². The van der Waals surface area contributed by atoms with Crippen LogP contribution in [0.2, 0.25) is 0 Å². The second-order valence-electron chi connectivity index (χ2n) is 6.11. The summed E-state index contributed by atoms with van der Waals surface area (Å²) in [5.74, 6) is -0.851. The molecule has 28 heavy (non-hydrogen) atoms. The minimum atomic E-state index is -3.40. The molecule has 0 atom stereocenters. The molecule has 0 aliphatic heterocycles. The summed E-state index contributed by atoms with van der Waals surface area (Å²) in [4.78, 5) is 34.2. The van der Waals surface area contributed by atoms with Gasteiger partial charge in [-0.1, -0.05) is 6.07 Å². The summed E-state index contributed by atoms with van der Waals surface area (Å²) in [6, 6.07) is 9.55. The average molecular weight is 405 g/mol. The summed E-state index contributed by atoms with van der Waals surface area (Å²) in [5, 5.41) is 15.8. The highest BCUT2D eigenvalue weighted by Gasteiger charge is 2.13. The van der Waals surface area contributed by atoms with Gasteiger partial charge in [-0.25, -0.2) is 8.42 Å². The van der Waals surface area contributed by atoms with Crippen molar-refractivity contribution in [2.24, 2.45) is 0 Å². The number of amides is 2. The van der Waals surface area contributed by atoms with E-state index in [0.29, 0.717) is 11.3 Å². The molecule has 9 nitrogen and oxygen atoms in total. The maximum atomic E-state index is 12.1. The fraction of sp³-hybridized carbons (Fsp3) is 0.222. The van der Waals surface area contributed by atoms with Crippen LogP contribution in [0.3, 0.4) is 0 Å². The number of aryl methyl sites for hydroxylation is 1. The number of hydrogen-bond acceptors (Lipinski definition) is 6. The lowest BCUT2D eigenvalue weighted by Crippen LogP contribution is -2.27. The van der Waals surface area contributed by atoms with Gasteiger partial charge in [-0.15, -0.1) is 0 Å². The van der Waals surface area contributed by atoms with Crippen LogP contribution in [0.5, 0.6) is 0 Å². The van der Waals surface area contributed by atoms with Crippen LogP contribution in [-0.2, 0) is 14.6 Å². The predicted molar refractivity (Wildman–Crippen MR) is 103 cm³/mol. The highest BCUT2D eigenvalue weighted by atomic mass is 32.2. The molecule has 2 aromatic carbocycles. The Morgan fingerprint density at radius 1 is 1.11 bits per heavy atom. The van der Waals surface area contributed by atoms with Crippen LogP contribution in [0.4, 0.5) is 11.4 Å². The number of sulfone groups is 1. The van der Waals surface area contributed by atoms with Gasteiger partial charge in [0.25, 0.3) is 11.6 Å². The lowest BCUT2D eigenvalue weighted by atomic mass is 10.2. The van der Waals surface area contributed by atoms with Crippen molar-refractivity contribution in [3.05, 3.63) is 63.7 Å². The summed E-state index contributed by atoms with van der Waals surface area (Å²) in [6.07, 6.45) is 1.05. The van der Waals surface area contributed by atoms with Crippen molar-refractivity contribution in [2.75, 3.05) is 18.1 Å². The van der Waals surface area contributed by atoms with E-state index in [1.807, 2.05) is 0 Å². The molecular formula is C18H19N3O6S. The zero-order valence-electron chi connectivity index (χ0n) is 15.3. The van der Waals surface area contributed by atoms with E-state index in [9.17, 15) is 28.1 Å². The molecule has 2 aromatic rings. The van der Waals surface area contributed by atoms with Gasteiger partial charge < -0.3 is 10.6 Å². The molecule has 0 bridgehead atoms. The van der Waals surface area contributed by atoms with Gasteiger partial charge >= 0.3 is 0 Å². The zero-order chi connectivity index (χ0) is 20.9. The molecule has 0 aliphatic carbocycles. The smallest absolute Gasteiger partial charge is 0.269 e. The number of carbonyl (C=O) groups is 2. The Morgan fingerprint density at radius 3 is 2.32 bits per heavy atom. The van der Waals surface area contributed by atoms with Crippen LogP contribution in [0, 0.1) is 17.0 Å². The number of nitro groups is 1. The van der Waals surface area contributed by atoms with Gasteiger partial charge in [0.05, 0.1) is 9.82 Å². The fourth-order valence-electron chi connectivity index (χ4n) is 2.31. The first kappa shape index (κ1) is 21.0. The Kier molecular flexibility index (Phi) is 6.47. The molecule has 0 spiro atoms. The summed E-state index contributed by atoms with van der Waals surface area (Å²) in [5.41, 5.74) is 1.20. The highest BCUT2D eigenvalue weighted by molar-refractivity contribution is 7.90. The van der Waals surface area contributed by atoms with Crippen molar-refractivity contribution in [3.8, 4) is 0 Å². The van der Waals surface area contributed by atoms with E-state index in [4.69, 9.17) is 0 Å². The normalized spacial score (nSPS) is 10.9. The summed E-state index contributed by atoms with van der Waals surface area (Å²) >= 11 is 0. The number of rotatable bonds is 7. The van der Waals surface area contributed by atoms with E-state index in [1.165, 1.54) is 36.4 Å². The third kappa shape index (κ3) is 5.61. The van der Waals surface area contributed by atoms with Gasteiger partial charge in [0.2, 0.25) is 5.91 Å². The number of nitrogens with one attached hydrogen (secondary N) is 2. The largest absolute Gasteiger partial charge is 0.352 e. The molecule has 0 unspecified atom stereocenters. The zero-order valence-corrected chi connectivity index (χ0v) is 16.1. The van der Waals surface area contributed by atoms with Crippen molar-refractivity contribution in [1.82, 2.24) is 5.32 Å². The second kappa shape index (κ2) is 8.61. The van der Waals surface area contributed by atoms with Crippen LogP contribution in [-0.4, -0.2) is 38.0 Å². The maximum Gasteiger partial charge on any atom is 0.269 e. The van der Waals surface area contributed by atoms with Gasteiger partial charge in [-0.05, 0) is 36.8 Å². The maximum absolute atomic E-state index is 12.1. The first-order valence-electron chi connectivity index (χ1n) is 8.21. The van der Waals surface area contributed by atoms with Gasteiger partial charge in [-0.3, -0.25) is 19.7 Å². The number of carbonyl (C=O) groups excluding carboxylic acids is 2. The predicted octanol–water partition coefficient (Wildman–Crippen LogP) is 2.07. The molecule has 148 valence electrons. The standard InChI is InChI=1S/C18H19N3O6S/c1-12-3-8-15(28(2,26)27)11-16(12)20-17(22)9-10-19-18(23)13-4-6-14(7-5-13)21(24)25/h3-8,11H,9-10H2,1-2H3,(H,19,23)(H,20,22). The highest BCUT2D eigenvalue weighted by Crippen LogP contribution is 2.20. The summed E-state index contributed by atoms with van der Waals surface area (Å²) < 4.78 is 23.2. The fourth-order valence-corrected chi connectivity index (χ4v) is 2.95. The van der Waals surface area contributed by atoms with Crippen molar-refractivity contribution >= 4 is 33.0 Å². The van der Waals surface area contributed by atoms with Crippen molar-refractivity contribution in [3.63, 3.8) is 0 Å². The first-order chi connectivity index (χ1) is 13.1. The SMILES string of the molecule is Cc1ccc(S(C)(=O)=O)cc1NC(=O)CCNC(=O)c1ccc([N+](=O)[O-])cc1. The number of nitro benzene ring substituents is 1. The molecule has 0 radical (unpaired) electrons. The van der Waals surface area contributed by atoms with Crippen LogP contribution in [0.15, 0.2) is 47.4 Å². The molecule has 2 rings (SSSR count). The Balaban J connectivity index is 1.91. The van der Waals surface area contributed by atoms with Gasteiger partial charge in [0, 0.05) is 42.6 Å². The third-order valence-electron chi connectivity index (χ3n) is 3.89. The van der Waals surface area contributed by atoms with Crippen LogP contribution < -0.4 is 10.6 Å². The average Bonchev–Trinajstić information content (AvgIpc) is 2.62. The third-order valence-corrected chi connectivity index (χ3v) is 5.00. The van der Waals surface area contributed by atoms with Gasteiger partial charge in [0.1, 0.15) is 0 Å². The Morgan fingerprint density at radius 2 is 1.75 bits per heavy atom. The van der Waals surface area contributed by atoms with Crippen LogP contribution >= 0.6 is 0 Å².